The fraction of sp³-hybridized carbons (Fsp3) is 0.379. The van der Waals surface area contributed by atoms with Gasteiger partial charge in [-0.15, -0.1) is 0 Å². The molecule has 9 heteroatoms. The van der Waals surface area contributed by atoms with E-state index in [1.165, 1.54) is 0 Å². The number of rotatable bonds is 10. The Kier molecular flexibility index (Phi) is 8.51. The third-order valence-corrected chi connectivity index (χ3v) is 7.19. The molecule has 1 aliphatic heterocycles. The van der Waals surface area contributed by atoms with Crippen molar-refractivity contribution in [1.82, 2.24) is 24.8 Å². The Morgan fingerprint density at radius 2 is 1.84 bits per heavy atom. The fourth-order valence-corrected chi connectivity index (χ4v) is 5.00. The van der Waals surface area contributed by atoms with Gasteiger partial charge in [0.1, 0.15) is 5.82 Å². The van der Waals surface area contributed by atoms with Crippen LogP contribution in [-0.2, 0) is 6.54 Å². The van der Waals surface area contributed by atoms with Gasteiger partial charge >= 0.3 is 0 Å². The summed E-state index contributed by atoms with van der Waals surface area (Å²) in [6.07, 6.45) is 4.59. The summed E-state index contributed by atoms with van der Waals surface area (Å²) in [6.45, 7) is 11.7. The molecule has 1 N–H and O–H groups in total. The van der Waals surface area contributed by atoms with E-state index in [9.17, 15) is 0 Å². The molecule has 38 heavy (non-hydrogen) atoms. The molecule has 3 aromatic heterocycles. The second-order valence-corrected chi connectivity index (χ2v) is 10.1. The number of hydrogen-bond acceptors (Lipinski definition) is 8. The predicted molar refractivity (Wildman–Crippen MR) is 156 cm³/mol. The van der Waals surface area contributed by atoms with Crippen LogP contribution in [0.5, 0.6) is 0 Å². The average molecular weight is 531 g/mol. The molecule has 0 bridgehead atoms. The van der Waals surface area contributed by atoms with Gasteiger partial charge in [-0.3, -0.25) is 9.97 Å². The largest absolute Gasteiger partial charge is 0.384 e. The first-order valence-electron chi connectivity index (χ1n) is 13.3. The van der Waals surface area contributed by atoms with Crippen LogP contribution in [-0.4, -0.2) is 70.6 Å². The van der Waals surface area contributed by atoms with E-state index >= 15 is 0 Å². The molecule has 0 radical (unpaired) electrons. The van der Waals surface area contributed by atoms with Crippen molar-refractivity contribution >= 4 is 40.0 Å². The van der Waals surface area contributed by atoms with E-state index in [2.05, 4.69) is 56.0 Å². The van der Waals surface area contributed by atoms with E-state index in [1.807, 2.05) is 48.8 Å². The molecule has 1 saturated heterocycles. The lowest BCUT2D eigenvalue weighted by Gasteiger charge is -2.34. The molecule has 0 atom stereocenters. The van der Waals surface area contributed by atoms with Gasteiger partial charge in [-0.2, -0.15) is 4.98 Å². The first-order valence-corrected chi connectivity index (χ1v) is 13.7. The first-order chi connectivity index (χ1) is 18.6. The van der Waals surface area contributed by atoms with Crippen molar-refractivity contribution in [3.8, 4) is 0 Å². The predicted octanol–water partition coefficient (Wildman–Crippen LogP) is 5.03. The summed E-state index contributed by atoms with van der Waals surface area (Å²) in [5, 5.41) is 5.36. The van der Waals surface area contributed by atoms with Crippen molar-refractivity contribution in [2.45, 2.75) is 26.8 Å². The average Bonchev–Trinajstić information content (AvgIpc) is 2.94. The highest BCUT2D eigenvalue weighted by atomic mass is 35.5. The van der Waals surface area contributed by atoms with Gasteiger partial charge in [0, 0.05) is 79.5 Å². The Morgan fingerprint density at radius 3 is 2.63 bits per heavy atom. The van der Waals surface area contributed by atoms with Crippen molar-refractivity contribution in [2.75, 3.05) is 60.9 Å². The minimum atomic E-state index is 0.692. The summed E-state index contributed by atoms with van der Waals surface area (Å²) in [5.74, 6) is 1.77. The highest BCUT2D eigenvalue weighted by molar-refractivity contribution is 6.31. The minimum absolute atomic E-state index is 0.692. The lowest BCUT2D eigenvalue weighted by molar-refractivity contribution is 0.270. The molecule has 4 heterocycles. The van der Waals surface area contributed by atoms with Crippen molar-refractivity contribution < 1.29 is 0 Å². The summed E-state index contributed by atoms with van der Waals surface area (Å²) >= 11 is 6.16. The zero-order chi connectivity index (χ0) is 26.3. The Balaban J connectivity index is 1.30. The van der Waals surface area contributed by atoms with E-state index in [0.717, 1.165) is 92.0 Å². The number of nitrogens with one attached hydrogen (secondary N) is 1. The van der Waals surface area contributed by atoms with Crippen molar-refractivity contribution in [3.05, 3.63) is 77.3 Å². The smallest absolute Gasteiger partial charge is 0.227 e. The van der Waals surface area contributed by atoms with E-state index in [-0.39, 0.29) is 0 Å². The molecule has 0 spiro atoms. The van der Waals surface area contributed by atoms with Crippen molar-refractivity contribution in [3.63, 3.8) is 0 Å². The van der Waals surface area contributed by atoms with Crippen LogP contribution < -0.4 is 15.1 Å². The maximum Gasteiger partial charge on any atom is 0.227 e. The Bertz CT molecular complexity index is 1340. The van der Waals surface area contributed by atoms with E-state index in [4.69, 9.17) is 21.6 Å². The van der Waals surface area contributed by atoms with Gasteiger partial charge in [-0.25, -0.2) is 4.98 Å². The maximum atomic E-state index is 6.16. The van der Waals surface area contributed by atoms with E-state index in [0.29, 0.717) is 11.6 Å². The van der Waals surface area contributed by atoms with Crippen molar-refractivity contribution in [1.29, 1.82) is 0 Å². The summed E-state index contributed by atoms with van der Waals surface area (Å²) in [7, 11) is 0. The second kappa shape index (κ2) is 12.4. The minimum Gasteiger partial charge on any atom is -0.384 e. The van der Waals surface area contributed by atoms with Crippen LogP contribution >= 0.6 is 11.6 Å². The number of likely N-dealkylation sites (N-methyl/N-ethyl adjacent to an activating group) is 1. The Morgan fingerprint density at radius 1 is 0.974 bits per heavy atom. The lowest BCUT2D eigenvalue weighted by atomic mass is 10.2. The van der Waals surface area contributed by atoms with Crippen LogP contribution in [0, 0.1) is 6.92 Å². The number of nitrogens with zero attached hydrogens (tertiary/aromatic N) is 7. The molecule has 0 aliphatic carbocycles. The van der Waals surface area contributed by atoms with E-state index < -0.39 is 0 Å². The highest BCUT2D eigenvalue weighted by Gasteiger charge is 2.20. The maximum absolute atomic E-state index is 6.16. The molecule has 8 nitrogen and oxygen atoms in total. The number of pyridine rings is 2. The Hall–Kier alpha value is -3.49. The molecule has 1 fully saturated rings. The topological polar surface area (TPSA) is 73.3 Å². The molecule has 0 saturated carbocycles. The summed E-state index contributed by atoms with van der Waals surface area (Å²) in [6, 6.07) is 16.0. The van der Waals surface area contributed by atoms with Crippen LogP contribution in [0.25, 0.3) is 10.9 Å². The normalized spacial score (nSPS) is 14.1. The molecule has 1 aliphatic rings. The van der Waals surface area contributed by atoms with Gasteiger partial charge in [-0.05, 0) is 56.3 Å². The van der Waals surface area contributed by atoms with Crippen molar-refractivity contribution in [2.24, 2.45) is 0 Å². The molecular formula is C29H35ClN8. The van der Waals surface area contributed by atoms with Gasteiger partial charge < -0.3 is 20.0 Å². The molecule has 0 amide bonds. The molecular weight excluding hydrogens is 496 g/mol. The standard InChI is InChI=1S/C29H35ClN8/c1-3-36-15-17-37(18-16-36)29-34-22(2)19-28(35-29)38(21-24-7-4-5-11-31-24)14-6-12-32-26-10-13-33-27-20-23(30)8-9-25(26)27/h4-5,7-11,13,19-20H,3,6,12,14-18,21H2,1-2H3,(H,32,33). The Labute approximate surface area is 229 Å². The highest BCUT2D eigenvalue weighted by Crippen LogP contribution is 2.25. The number of hydrogen-bond donors (Lipinski definition) is 1. The molecule has 4 aromatic rings. The number of benzene rings is 1. The second-order valence-electron chi connectivity index (χ2n) is 9.63. The monoisotopic (exact) mass is 530 g/mol. The third-order valence-electron chi connectivity index (χ3n) is 6.96. The van der Waals surface area contributed by atoms with Crippen LogP contribution in [0.4, 0.5) is 17.5 Å². The fourth-order valence-electron chi connectivity index (χ4n) is 4.83. The molecule has 1 aromatic carbocycles. The van der Waals surface area contributed by atoms with Gasteiger partial charge in [0.05, 0.1) is 17.8 Å². The van der Waals surface area contributed by atoms with Gasteiger partial charge in [-0.1, -0.05) is 24.6 Å². The molecule has 0 unspecified atom stereocenters. The quantitative estimate of drug-likeness (QED) is 0.286. The van der Waals surface area contributed by atoms with Crippen LogP contribution in [0.15, 0.2) is 60.9 Å². The number of piperazine rings is 1. The summed E-state index contributed by atoms with van der Waals surface area (Å²) in [4.78, 5) is 26.0. The zero-order valence-electron chi connectivity index (χ0n) is 22.1. The van der Waals surface area contributed by atoms with Crippen LogP contribution in [0.1, 0.15) is 24.7 Å². The lowest BCUT2D eigenvalue weighted by Crippen LogP contribution is -2.47. The first kappa shape index (κ1) is 26.1. The number of anilines is 3. The SMILES string of the molecule is CCN1CCN(c2nc(C)cc(N(CCCNc3ccnc4cc(Cl)ccc34)Cc3ccccn3)n2)CC1. The summed E-state index contributed by atoms with van der Waals surface area (Å²) in [5.41, 5.74) is 3.96. The van der Waals surface area contributed by atoms with E-state index in [1.54, 1.807) is 0 Å². The molecule has 5 rings (SSSR count). The number of halogens is 1. The van der Waals surface area contributed by atoms with Crippen LogP contribution in [0.3, 0.4) is 0 Å². The third kappa shape index (κ3) is 6.49. The summed E-state index contributed by atoms with van der Waals surface area (Å²) < 4.78 is 0. The van der Waals surface area contributed by atoms with Crippen LogP contribution in [0.2, 0.25) is 5.02 Å². The zero-order valence-corrected chi connectivity index (χ0v) is 22.9. The number of aryl methyl sites for hydroxylation is 1. The number of aromatic nitrogens is 4. The van der Waals surface area contributed by atoms with Gasteiger partial charge in [0.15, 0.2) is 0 Å². The van der Waals surface area contributed by atoms with Gasteiger partial charge in [0.25, 0.3) is 0 Å². The van der Waals surface area contributed by atoms with Gasteiger partial charge in [0.2, 0.25) is 5.95 Å². The number of fused-ring (bicyclic) bond motifs is 1. The molecule has 198 valence electrons.